The Balaban J connectivity index is 1.81. The Bertz CT molecular complexity index is 1210. The molecule has 7 nitrogen and oxygen atoms in total. The quantitative estimate of drug-likeness (QED) is 0.445. The van der Waals surface area contributed by atoms with Crippen molar-refractivity contribution in [2.75, 3.05) is 19.5 Å². The summed E-state index contributed by atoms with van der Waals surface area (Å²) in [5.74, 6) is 2.18. The monoisotopic (exact) mass is 423 g/mol. The van der Waals surface area contributed by atoms with Gasteiger partial charge in [-0.2, -0.15) is 0 Å². The van der Waals surface area contributed by atoms with Crippen LogP contribution in [0.3, 0.4) is 0 Å². The second-order valence-electron chi connectivity index (χ2n) is 6.90. The molecule has 2 N–H and O–H groups in total. The van der Waals surface area contributed by atoms with Crippen molar-refractivity contribution in [2.24, 2.45) is 0 Å². The molecule has 0 fully saturated rings. The molecule has 2 heterocycles. The van der Waals surface area contributed by atoms with E-state index in [2.05, 4.69) is 25.3 Å². The van der Waals surface area contributed by atoms with Gasteiger partial charge in [0, 0.05) is 16.1 Å². The van der Waals surface area contributed by atoms with Crippen molar-refractivity contribution in [3.05, 3.63) is 59.1 Å². The van der Waals surface area contributed by atoms with Crippen LogP contribution < -0.4 is 14.8 Å². The number of imidazole rings is 1. The highest BCUT2D eigenvalue weighted by Crippen LogP contribution is 2.43. The largest absolute Gasteiger partial charge is 0.497 e. The molecule has 0 radical (unpaired) electrons. The Kier molecular flexibility index (Phi) is 5.46. The first kappa shape index (κ1) is 20.0. The van der Waals surface area contributed by atoms with E-state index in [0.717, 1.165) is 39.3 Å². The number of aromatic nitrogens is 4. The molecule has 0 aliphatic heterocycles. The molecular weight excluding hydrogens is 402 g/mol. The van der Waals surface area contributed by atoms with E-state index in [-0.39, 0.29) is 6.04 Å². The molecule has 1 unspecified atom stereocenters. The van der Waals surface area contributed by atoms with Gasteiger partial charge in [0.1, 0.15) is 23.3 Å². The average molecular weight is 424 g/mol. The van der Waals surface area contributed by atoms with E-state index < -0.39 is 0 Å². The number of fused-ring (bicyclic) bond motifs is 1. The maximum absolute atomic E-state index is 6.64. The highest BCUT2D eigenvalue weighted by molar-refractivity contribution is 6.32. The maximum atomic E-state index is 6.64. The smallest absolute Gasteiger partial charge is 0.182 e. The van der Waals surface area contributed by atoms with Crippen LogP contribution in [0.25, 0.3) is 22.3 Å². The zero-order valence-electron chi connectivity index (χ0n) is 17.2. The summed E-state index contributed by atoms with van der Waals surface area (Å²) in [5, 5.41) is 4.08. The number of aromatic amines is 1. The van der Waals surface area contributed by atoms with Gasteiger partial charge in [-0.25, -0.2) is 15.0 Å². The molecule has 0 aliphatic carbocycles. The van der Waals surface area contributed by atoms with Gasteiger partial charge in [0.25, 0.3) is 0 Å². The molecule has 1 atom stereocenters. The molecule has 0 amide bonds. The van der Waals surface area contributed by atoms with Crippen molar-refractivity contribution < 1.29 is 9.47 Å². The first-order valence-corrected chi connectivity index (χ1v) is 9.83. The van der Waals surface area contributed by atoms with Gasteiger partial charge in [-0.3, -0.25) is 0 Å². The summed E-state index contributed by atoms with van der Waals surface area (Å²) in [6.07, 6.45) is 3.08. The molecule has 2 aromatic heterocycles. The number of hydrogen-bond donors (Lipinski definition) is 2. The van der Waals surface area contributed by atoms with Crippen LogP contribution in [-0.4, -0.2) is 34.2 Å². The number of ether oxygens (including phenoxy) is 2. The Morgan fingerprint density at radius 1 is 1.10 bits per heavy atom. The van der Waals surface area contributed by atoms with Crippen molar-refractivity contribution >= 4 is 28.6 Å². The lowest BCUT2D eigenvalue weighted by Gasteiger charge is -2.23. The molecule has 0 saturated carbocycles. The van der Waals surface area contributed by atoms with E-state index >= 15 is 0 Å². The molecule has 8 heteroatoms. The zero-order valence-corrected chi connectivity index (χ0v) is 17.9. The fourth-order valence-electron chi connectivity index (χ4n) is 3.57. The standard InChI is InChI=1S/C22H22ClN5O2/c1-12-17(23)9-16(13(2)28-22-19-21(25-10-24-19)26-11-27-22)20(30-4)18(12)14-6-5-7-15(8-14)29-3/h5-11,13H,1-4H3,(H2,24,25,26,27,28). The van der Waals surface area contributed by atoms with Crippen molar-refractivity contribution in [3.8, 4) is 22.6 Å². The lowest BCUT2D eigenvalue weighted by molar-refractivity contribution is 0.408. The number of rotatable bonds is 6. The SMILES string of the molecule is COc1cccc(-c2c(C)c(Cl)cc(C(C)Nc3ncnc4nc[nH]c34)c2OC)c1. The minimum absolute atomic E-state index is 0.149. The summed E-state index contributed by atoms with van der Waals surface area (Å²) in [7, 11) is 3.32. The van der Waals surface area contributed by atoms with Crippen LogP contribution in [0.1, 0.15) is 24.1 Å². The summed E-state index contributed by atoms with van der Waals surface area (Å²) in [6, 6.07) is 9.63. The maximum Gasteiger partial charge on any atom is 0.182 e. The highest BCUT2D eigenvalue weighted by Gasteiger charge is 2.22. The predicted octanol–water partition coefficient (Wildman–Crippen LogP) is 5.17. The van der Waals surface area contributed by atoms with Gasteiger partial charge in [-0.1, -0.05) is 23.7 Å². The van der Waals surface area contributed by atoms with Gasteiger partial charge in [0.05, 0.1) is 26.6 Å². The summed E-state index contributed by atoms with van der Waals surface area (Å²) >= 11 is 6.64. The van der Waals surface area contributed by atoms with Gasteiger partial charge in [-0.15, -0.1) is 0 Å². The number of nitrogens with zero attached hydrogens (tertiary/aromatic N) is 3. The topological polar surface area (TPSA) is 85.0 Å². The number of anilines is 1. The van der Waals surface area contributed by atoms with Crippen molar-refractivity contribution in [2.45, 2.75) is 19.9 Å². The number of halogens is 1. The van der Waals surface area contributed by atoms with Gasteiger partial charge in [0.15, 0.2) is 11.5 Å². The third-order valence-electron chi connectivity index (χ3n) is 5.11. The Morgan fingerprint density at radius 2 is 1.93 bits per heavy atom. The number of benzene rings is 2. The van der Waals surface area contributed by atoms with Crippen LogP contribution in [0.5, 0.6) is 11.5 Å². The van der Waals surface area contributed by atoms with Crippen molar-refractivity contribution in [1.82, 2.24) is 19.9 Å². The predicted molar refractivity (Wildman–Crippen MR) is 118 cm³/mol. The van der Waals surface area contributed by atoms with Crippen LogP contribution in [0.4, 0.5) is 5.82 Å². The minimum Gasteiger partial charge on any atom is -0.497 e. The van der Waals surface area contributed by atoms with Crippen LogP contribution in [0, 0.1) is 6.92 Å². The molecule has 0 spiro atoms. The Labute approximate surface area is 179 Å². The average Bonchev–Trinajstić information content (AvgIpc) is 3.25. The Morgan fingerprint density at radius 3 is 2.70 bits per heavy atom. The summed E-state index contributed by atoms with van der Waals surface area (Å²) in [4.78, 5) is 15.8. The third kappa shape index (κ3) is 3.52. The van der Waals surface area contributed by atoms with Crippen LogP contribution >= 0.6 is 11.6 Å². The first-order valence-electron chi connectivity index (χ1n) is 9.45. The van der Waals surface area contributed by atoms with Crippen LogP contribution in [0.2, 0.25) is 5.02 Å². The number of nitrogens with one attached hydrogen (secondary N) is 2. The zero-order chi connectivity index (χ0) is 21.3. The Hall–Kier alpha value is -3.32. The normalized spacial score (nSPS) is 12.0. The lowest BCUT2D eigenvalue weighted by atomic mass is 9.93. The van der Waals surface area contributed by atoms with E-state index in [4.69, 9.17) is 21.1 Å². The summed E-state index contributed by atoms with van der Waals surface area (Å²) in [6.45, 7) is 4.02. The summed E-state index contributed by atoms with van der Waals surface area (Å²) < 4.78 is 11.3. The van der Waals surface area contributed by atoms with E-state index in [9.17, 15) is 0 Å². The van der Waals surface area contributed by atoms with E-state index in [1.165, 1.54) is 6.33 Å². The van der Waals surface area contributed by atoms with Crippen LogP contribution in [-0.2, 0) is 0 Å². The molecular formula is C22H22ClN5O2. The molecule has 0 bridgehead atoms. The third-order valence-corrected chi connectivity index (χ3v) is 5.50. The van der Waals surface area contributed by atoms with E-state index in [1.54, 1.807) is 20.5 Å². The second-order valence-corrected chi connectivity index (χ2v) is 7.31. The molecule has 30 heavy (non-hydrogen) atoms. The van der Waals surface area contributed by atoms with Gasteiger partial charge in [-0.05, 0) is 43.2 Å². The van der Waals surface area contributed by atoms with Gasteiger partial charge < -0.3 is 19.8 Å². The fourth-order valence-corrected chi connectivity index (χ4v) is 3.78. The highest BCUT2D eigenvalue weighted by atomic mass is 35.5. The molecule has 0 saturated heterocycles. The molecule has 154 valence electrons. The molecule has 0 aliphatic rings. The molecule has 4 rings (SSSR count). The summed E-state index contributed by atoms with van der Waals surface area (Å²) in [5.41, 5.74) is 5.10. The first-order chi connectivity index (χ1) is 14.5. The second kappa shape index (κ2) is 8.20. The van der Waals surface area contributed by atoms with Crippen molar-refractivity contribution in [1.29, 1.82) is 0 Å². The van der Waals surface area contributed by atoms with Gasteiger partial charge in [0.2, 0.25) is 0 Å². The molecule has 4 aromatic rings. The lowest BCUT2D eigenvalue weighted by Crippen LogP contribution is -2.11. The number of H-pyrrole nitrogens is 1. The van der Waals surface area contributed by atoms with E-state index in [1.807, 2.05) is 44.2 Å². The van der Waals surface area contributed by atoms with Crippen molar-refractivity contribution in [3.63, 3.8) is 0 Å². The number of hydrogen-bond acceptors (Lipinski definition) is 6. The number of methoxy groups -OCH3 is 2. The fraction of sp³-hybridized carbons (Fsp3) is 0.227. The van der Waals surface area contributed by atoms with Crippen LogP contribution in [0.15, 0.2) is 43.0 Å². The minimum atomic E-state index is -0.149. The molecule has 2 aromatic carbocycles. The van der Waals surface area contributed by atoms with E-state index in [0.29, 0.717) is 16.5 Å². The van der Waals surface area contributed by atoms with Gasteiger partial charge >= 0.3 is 0 Å².